The minimum Gasteiger partial charge on any atom is -0.454 e. The molecular formula is C24H19FN2O4. The van der Waals surface area contributed by atoms with Gasteiger partial charge in [0.1, 0.15) is 5.82 Å². The molecule has 0 fully saturated rings. The highest BCUT2D eigenvalue weighted by atomic mass is 19.1. The third kappa shape index (κ3) is 3.70. The van der Waals surface area contributed by atoms with Gasteiger partial charge in [-0.2, -0.15) is 0 Å². The summed E-state index contributed by atoms with van der Waals surface area (Å²) in [5, 5.41) is 2.86. The van der Waals surface area contributed by atoms with Crippen molar-refractivity contribution in [1.29, 1.82) is 0 Å². The van der Waals surface area contributed by atoms with Gasteiger partial charge in [0.05, 0.1) is 12.5 Å². The van der Waals surface area contributed by atoms with Crippen molar-refractivity contribution in [2.75, 3.05) is 12.1 Å². The minimum atomic E-state index is -0.533. The Bertz CT molecular complexity index is 1160. The molecule has 7 heteroatoms. The van der Waals surface area contributed by atoms with Gasteiger partial charge in [-0.3, -0.25) is 9.59 Å². The Morgan fingerprint density at radius 1 is 1.03 bits per heavy atom. The number of carbonyl (C=O) groups excluding carboxylic acids is 2. The van der Waals surface area contributed by atoms with Gasteiger partial charge in [-0.1, -0.05) is 30.3 Å². The van der Waals surface area contributed by atoms with Crippen LogP contribution in [0.4, 0.5) is 10.1 Å². The van der Waals surface area contributed by atoms with E-state index in [0.717, 1.165) is 5.56 Å². The average Bonchev–Trinajstić information content (AvgIpc) is 3.37. The second kappa shape index (κ2) is 7.75. The van der Waals surface area contributed by atoms with Gasteiger partial charge in [0.25, 0.3) is 5.91 Å². The van der Waals surface area contributed by atoms with Crippen molar-refractivity contribution in [3.05, 3.63) is 89.2 Å². The van der Waals surface area contributed by atoms with Crippen molar-refractivity contribution in [1.82, 2.24) is 4.90 Å². The van der Waals surface area contributed by atoms with E-state index in [-0.39, 0.29) is 30.8 Å². The molecule has 3 aromatic rings. The highest BCUT2D eigenvalue weighted by Gasteiger charge is 2.34. The standard InChI is InChI=1S/C24H19FN2O4/c25-17-7-5-15(6-8-17)20(27-13-16-3-1-2-4-19(16)24(27)29)12-23(28)26-18-9-10-21-22(11-18)31-14-30-21/h1-11,20H,12-14H2,(H,26,28)/t20-/m1/s1. The van der Waals surface area contributed by atoms with Crippen LogP contribution >= 0.6 is 0 Å². The van der Waals surface area contributed by atoms with Crippen LogP contribution in [0.15, 0.2) is 66.7 Å². The Hall–Kier alpha value is -3.87. The van der Waals surface area contributed by atoms with E-state index in [1.807, 2.05) is 18.2 Å². The van der Waals surface area contributed by atoms with E-state index in [1.54, 1.807) is 41.3 Å². The summed E-state index contributed by atoms with van der Waals surface area (Å²) in [6, 6.07) is 17.9. The summed E-state index contributed by atoms with van der Waals surface area (Å²) >= 11 is 0. The lowest BCUT2D eigenvalue weighted by Crippen LogP contribution is -2.32. The fourth-order valence-electron chi connectivity index (χ4n) is 3.98. The Morgan fingerprint density at radius 2 is 1.81 bits per heavy atom. The van der Waals surface area contributed by atoms with Crippen molar-refractivity contribution in [3.63, 3.8) is 0 Å². The van der Waals surface area contributed by atoms with Gasteiger partial charge in [0.2, 0.25) is 12.7 Å². The number of carbonyl (C=O) groups is 2. The number of amides is 2. The smallest absolute Gasteiger partial charge is 0.255 e. The van der Waals surface area contributed by atoms with Gasteiger partial charge in [0.15, 0.2) is 11.5 Å². The zero-order valence-corrected chi connectivity index (χ0v) is 16.5. The van der Waals surface area contributed by atoms with E-state index < -0.39 is 6.04 Å². The maximum atomic E-state index is 13.5. The maximum absolute atomic E-state index is 13.5. The molecule has 0 saturated carbocycles. The number of halogens is 1. The molecule has 2 heterocycles. The lowest BCUT2D eigenvalue weighted by molar-refractivity contribution is -0.117. The van der Waals surface area contributed by atoms with Gasteiger partial charge in [-0.05, 0) is 41.5 Å². The molecule has 2 amide bonds. The molecule has 0 spiro atoms. The first-order valence-corrected chi connectivity index (χ1v) is 9.92. The zero-order valence-electron chi connectivity index (χ0n) is 16.5. The Labute approximate surface area is 178 Å². The Kier molecular flexibility index (Phi) is 4.78. The second-order valence-electron chi connectivity index (χ2n) is 7.48. The second-order valence-corrected chi connectivity index (χ2v) is 7.48. The zero-order chi connectivity index (χ0) is 21.4. The van der Waals surface area contributed by atoms with Gasteiger partial charge >= 0.3 is 0 Å². The molecule has 6 nitrogen and oxygen atoms in total. The number of rotatable bonds is 5. The lowest BCUT2D eigenvalue weighted by atomic mass is 10.0. The molecule has 2 aliphatic heterocycles. The number of hydrogen-bond donors (Lipinski definition) is 1. The molecule has 0 radical (unpaired) electrons. The molecule has 156 valence electrons. The lowest BCUT2D eigenvalue weighted by Gasteiger charge is -2.28. The fourth-order valence-corrected chi connectivity index (χ4v) is 3.98. The molecular weight excluding hydrogens is 399 g/mol. The van der Waals surface area contributed by atoms with E-state index in [2.05, 4.69) is 5.32 Å². The topological polar surface area (TPSA) is 67.9 Å². The van der Waals surface area contributed by atoms with Crippen LogP contribution in [0.1, 0.15) is 33.9 Å². The predicted molar refractivity (Wildman–Crippen MR) is 111 cm³/mol. The SMILES string of the molecule is O=C(C[C@H](c1ccc(F)cc1)N1Cc2ccccc2C1=O)Nc1ccc2c(c1)OCO2. The first-order chi connectivity index (χ1) is 15.1. The predicted octanol–water partition coefficient (Wildman–Crippen LogP) is 4.28. The van der Waals surface area contributed by atoms with Crippen LogP contribution in [-0.2, 0) is 11.3 Å². The molecule has 0 aromatic heterocycles. The van der Waals surface area contributed by atoms with Gasteiger partial charge < -0.3 is 19.7 Å². The molecule has 31 heavy (non-hydrogen) atoms. The monoisotopic (exact) mass is 418 g/mol. The van der Waals surface area contributed by atoms with Crippen LogP contribution in [0.3, 0.4) is 0 Å². The van der Waals surface area contributed by atoms with E-state index >= 15 is 0 Å². The Balaban J connectivity index is 1.39. The van der Waals surface area contributed by atoms with Gasteiger partial charge in [-0.15, -0.1) is 0 Å². The quantitative estimate of drug-likeness (QED) is 0.672. The third-order valence-electron chi connectivity index (χ3n) is 5.52. The van der Waals surface area contributed by atoms with Crippen LogP contribution in [0.25, 0.3) is 0 Å². The first kappa shape index (κ1) is 19.1. The highest BCUT2D eigenvalue weighted by Crippen LogP contribution is 2.36. The summed E-state index contributed by atoms with van der Waals surface area (Å²) in [6.07, 6.45) is 0.0276. The number of fused-ring (bicyclic) bond motifs is 2. The summed E-state index contributed by atoms with van der Waals surface area (Å²) in [5.41, 5.74) is 2.81. The number of anilines is 1. The van der Waals surface area contributed by atoms with Crippen LogP contribution < -0.4 is 14.8 Å². The third-order valence-corrected chi connectivity index (χ3v) is 5.52. The van der Waals surface area contributed by atoms with Crippen LogP contribution in [-0.4, -0.2) is 23.5 Å². The summed E-state index contributed by atoms with van der Waals surface area (Å²) in [5.74, 6) is 0.418. The van der Waals surface area contributed by atoms with E-state index in [1.165, 1.54) is 12.1 Å². The van der Waals surface area contributed by atoms with Gasteiger partial charge in [-0.25, -0.2) is 4.39 Å². The van der Waals surface area contributed by atoms with Crippen molar-refractivity contribution < 1.29 is 23.5 Å². The van der Waals surface area contributed by atoms with Gasteiger partial charge in [0, 0.05) is 23.9 Å². The summed E-state index contributed by atoms with van der Waals surface area (Å²) < 4.78 is 24.1. The van der Waals surface area contributed by atoms with Crippen molar-refractivity contribution in [2.24, 2.45) is 0 Å². The van der Waals surface area contributed by atoms with Crippen LogP contribution in [0, 0.1) is 5.82 Å². The molecule has 5 rings (SSSR count). The molecule has 0 bridgehead atoms. The average molecular weight is 418 g/mol. The van der Waals surface area contributed by atoms with Crippen molar-refractivity contribution in [3.8, 4) is 11.5 Å². The molecule has 2 aliphatic rings. The molecule has 1 atom stereocenters. The summed E-state index contributed by atoms with van der Waals surface area (Å²) in [4.78, 5) is 27.6. The number of ether oxygens (including phenoxy) is 2. The van der Waals surface area contributed by atoms with E-state index in [0.29, 0.717) is 34.9 Å². The van der Waals surface area contributed by atoms with Crippen LogP contribution in [0.2, 0.25) is 0 Å². The number of benzene rings is 3. The maximum Gasteiger partial charge on any atom is 0.255 e. The first-order valence-electron chi connectivity index (χ1n) is 9.92. The molecule has 0 aliphatic carbocycles. The molecule has 0 saturated heterocycles. The fraction of sp³-hybridized carbons (Fsp3) is 0.167. The van der Waals surface area contributed by atoms with Crippen LogP contribution in [0.5, 0.6) is 11.5 Å². The van der Waals surface area contributed by atoms with E-state index in [9.17, 15) is 14.0 Å². The largest absolute Gasteiger partial charge is 0.454 e. The normalized spacial score (nSPS) is 15.0. The molecule has 3 aromatic carbocycles. The number of nitrogens with one attached hydrogen (secondary N) is 1. The molecule has 1 N–H and O–H groups in total. The van der Waals surface area contributed by atoms with Crippen molar-refractivity contribution >= 4 is 17.5 Å². The minimum absolute atomic E-state index is 0.0276. The summed E-state index contributed by atoms with van der Waals surface area (Å²) in [6.45, 7) is 0.547. The summed E-state index contributed by atoms with van der Waals surface area (Å²) in [7, 11) is 0. The highest BCUT2D eigenvalue weighted by molar-refractivity contribution is 5.99. The number of hydrogen-bond acceptors (Lipinski definition) is 4. The number of nitrogens with zero attached hydrogens (tertiary/aromatic N) is 1. The Morgan fingerprint density at radius 3 is 2.61 bits per heavy atom. The van der Waals surface area contributed by atoms with Crippen molar-refractivity contribution in [2.45, 2.75) is 19.0 Å². The molecule has 0 unspecified atom stereocenters. The van der Waals surface area contributed by atoms with E-state index in [4.69, 9.17) is 9.47 Å².